The van der Waals surface area contributed by atoms with Crippen molar-refractivity contribution in [2.24, 2.45) is 0 Å². The molecule has 0 aromatic heterocycles. The molecule has 2 heteroatoms. The maximum absolute atomic E-state index is 11.8. The molecule has 2 unspecified atom stereocenters. The fraction of sp³-hybridized carbons (Fsp3) is 0.217. The lowest BCUT2D eigenvalue weighted by Crippen LogP contribution is -2.36. The molecule has 1 saturated heterocycles. The highest BCUT2D eigenvalue weighted by Crippen LogP contribution is 2.46. The summed E-state index contributed by atoms with van der Waals surface area (Å²) in [5, 5.41) is 11.8. The van der Waals surface area contributed by atoms with Crippen LogP contribution in [0.25, 0.3) is 0 Å². The highest BCUT2D eigenvalue weighted by atomic mass is 16.3. The summed E-state index contributed by atoms with van der Waals surface area (Å²) in [5.74, 6) is 0. The predicted octanol–water partition coefficient (Wildman–Crippen LogP) is 4.37. The van der Waals surface area contributed by atoms with E-state index in [1.165, 1.54) is 5.56 Å². The molecule has 4 rings (SSSR count). The van der Waals surface area contributed by atoms with E-state index in [9.17, 15) is 5.11 Å². The lowest BCUT2D eigenvalue weighted by Gasteiger charge is -2.31. The summed E-state index contributed by atoms with van der Waals surface area (Å²) in [7, 11) is 0. The first-order valence-corrected chi connectivity index (χ1v) is 8.85. The standard InChI is InChI=1S/C23H23NO/c1-18(19-11-5-2-6-12-19)24-17-22(24)23(25,20-13-7-3-8-14-20)21-15-9-4-10-16-21/h2-16,18,22,25H,17H2,1H3/t18?,22?,24-/m0/s1. The minimum atomic E-state index is -0.994. The second kappa shape index (κ2) is 6.47. The van der Waals surface area contributed by atoms with Gasteiger partial charge in [0.1, 0.15) is 5.60 Å². The Kier molecular flexibility index (Phi) is 4.16. The maximum atomic E-state index is 11.8. The third-order valence-electron chi connectivity index (χ3n) is 5.34. The molecule has 2 nitrogen and oxygen atoms in total. The van der Waals surface area contributed by atoms with Gasteiger partial charge in [0.2, 0.25) is 0 Å². The van der Waals surface area contributed by atoms with Gasteiger partial charge in [-0.15, -0.1) is 0 Å². The first-order chi connectivity index (χ1) is 12.2. The van der Waals surface area contributed by atoms with Crippen LogP contribution in [0.3, 0.4) is 0 Å². The highest BCUT2D eigenvalue weighted by Gasteiger charge is 2.54. The molecule has 0 saturated carbocycles. The van der Waals surface area contributed by atoms with E-state index in [0.717, 1.165) is 17.7 Å². The topological polar surface area (TPSA) is 23.2 Å². The minimum absolute atomic E-state index is 0.0764. The second-order valence-electron chi connectivity index (χ2n) is 6.80. The quantitative estimate of drug-likeness (QED) is 0.703. The summed E-state index contributed by atoms with van der Waals surface area (Å²) >= 11 is 0. The van der Waals surface area contributed by atoms with E-state index in [-0.39, 0.29) is 12.1 Å². The van der Waals surface area contributed by atoms with Gasteiger partial charge in [0.15, 0.2) is 0 Å². The molecule has 126 valence electrons. The van der Waals surface area contributed by atoms with E-state index in [1.807, 2.05) is 66.7 Å². The van der Waals surface area contributed by atoms with Crippen molar-refractivity contribution in [3.63, 3.8) is 0 Å². The Morgan fingerprint density at radius 3 is 1.72 bits per heavy atom. The fourth-order valence-corrected chi connectivity index (χ4v) is 3.81. The smallest absolute Gasteiger partial charge is 0.131 e. The molecule has 1 aliphatic rings. The van der Waals surface area contributed by atoms with Gasteiger partial charge in [-0.3, -0.25) is 4.90 Å². The van der Waals surface area contributed by atoms with Crippen molar-refractivity contribution < 1.29 is 5.11 Å². The summed E-state index contributed by atoms with van der Waals surface area (Å²) in [6, 6.07) is 30.9. The Hall–Kier alpha value is -2.42. The van der Waals surface area contributed by atoms with Gasteiger partial charge < -0.3 is 5.11 Å². The van der Waals surface area contributed by atoms with Crippen molar-refractivity contribution in [1.29, 1.82) is 0 Å². The van der Waals surface area contributed by atoms with Crippen molar-refractivity contribution in [3.8, 4) is 0 Å². The van der Waals surface area contributed by atoms with Crippen LogP contribution in [0.2, 0.25) is 0 Å². The van der Waals surface area contributed by atoms with Crippen LogP contribution in [-0.2, 0) is 5.60 Å². The van der Waals surface area contributed by atoms with Crippen molar-refractivity contribution in [2.45, 2.75) is 24.6 Å². The molecule has 1 N–H and O–H groups in total. The Bertz CT molecular complexity index is 777. The van der Waals surface area contributed by atoms with Crippen LogP contribution in [0.4, 0.5) is 0 Å². The van der Waals surface area contributed by atoms with E-state index in [1.54, 1.807) is 0 Å². The summed E-state index contributed by atoms with van der Waals surface area (Å²) in [5.41, 5.74) is 2.20. The van der Waals surface area contributed by atoms with Crippen LogP contribution < -0.4 is 0 Å². The van der Waals surface area contributed by atoms with Gasteiger partial charge in [-0.2, -0.15) is 0 Å². The van der Waals surface area contributed by atoms with Gasteiger partial charge in [-0.25, -0.2) is 0 Å². The zero-order valence-corrected chi connectivity index (χ0v) is 14.4. The molecule has 1 aliphatic heterocycles. The normalized spacial score (nSPS) is 20.9. The van der Waals surface area contributed by atoms with E-state index in [2.05, 4.69) is 36.1 Å². The Morgan fingerprint density at radius 1 is 0.800 bits per heavy atom. The van der Waals surface area contributed by atoms with Gasteiger partial charge in [0, 0.05) is 12.6 Å². The number of aliphatic hydroxyl groups is 1. The van der Waals surface area contributed by atoms with Crippen molar-refractivity contribution >= 4 is 0 Å². The van der Waals surface area contributed by atoms with Crippen LogP contribution in [-0.4, -0.2) is 22.6 Å². The molecular formula is C23H23NO. The molecular weight excluding hydrogens is 306 g/mol. The molecule has 0 amide bonds. The Labute approximate surface area is 149 Å². The first kappa shape index (κ1) is 16.1. The van der Waals surface area contributed by atoms with E-state index < -0.39 is 5.60 Å². The number of hydrogen-bond acceptors (Lipinski definition) is 2. The van der Waals surface area contributed by atoms with Crippen molar-refractivity contribution in [3.05, 3.63) is 108 Å². The zero-order chi connectivity index (χ0) is 17.3. The molecule has 1 heterocycles. The number of nitrogens with zero attached hydrogens (tertiary/aromatic N) is 1. The molecule has 0 radical (unpaired) electrons. The Morgan fingerprint density at radius 2 is 1.24 bits per heavy atom. The third kappa shape index (κ3) is 2.88. The maximum Gasteiger partial charge on any atom is 0.131 e. The molecule has 1 fully saturated rings. The van der Waals surface area contributed by atoms with Crippen LogP contribution in [0, 0.1) is 0 Å². The lowest BCUT2D eigenvalue weighted by atomic mass is 9.83. The van der Waals surface area contributed by atoms with Crippen LogP contribution >= 0.6 is 0 Å². The predicted molar refractivity (Wildman–Crippen MR) is 101 cm³/mol. The number of benzene rings is 3. The lowest BCUT2D eigenvalue weighted by molar-refractivity contribution is 0.0602. The highest BCUT2D eigenvalue weighted by molar-refractivity contribution is 5.41. The largest absolute Gasteiger partial charge is 0.379 e. The van der Waals surface area contributed by atoms with Crippen LogP contribution in [0.1, 0.15) is 29.7 Å². The summed E-state index contributed by atoms with van der Waals surface area (Å²) in [6.45, 7) is 3.10. The number of hydrogen-bond donors (Lipinski definition) is 1. The molecule has 0 aliphatic carbocycles. The minimum Gasteiger partial charge on any atom is -0.379 e. The van der Waals surface area contributed by atoms with Crippen molar-refractivity contribution in [1.82, 2.24) is 4.90 Å². The zero-order valence-electron chi connectivity index (χ0n) is 14.4. The SMILES string of the molecule is CC(c1ccccc1)[N@]1CC1C(O)(c1ccccc1)c1ccccc1. The van der Waals surface area contributed by atoms with E-state index in [4.69, 9.17) is 0 Å². The van der Waals surface area contributed by atoms with Gasteiger partial charge in [-0.05, 0) is 23.6 Å². The number of rotatable bonds is 5. The van der Waals surface area contributed by atoms with E-state index in [0.29, 0.717) is 0 Å². The third-order valence-corrected chi connectivity index (χ3v) is 5.34. The molecule has 3 aromatic carbocycles. The second-order valence-corrected chi connectivity index (χ2v) is 6.80. The molecule has 0 bridgehead atoms. The fourth-order valence-electron chi connectivity index (χ4n) is 3.81. The van der Waals surface area contributed by atoms with Crippen molar-refractivity contribution in [2.75, 3.05) is 6.54 Å². The Balaban J connectivity index is 1.69. The van der Waals surface area contributed by atoms with Gasteiger partial charge in [0.25, 0.3) is 0 Å². The van der Waals surface area contributed by atoms with Crippen LogP contribution in [0.15, 0.2) is 91.0 Å². The van der Waals surface area contributed by atoms with Crippen LogP contribution in [0.5, 0.6) is 0 Å². The monoisotopic (exact) mass is 329 g/mol. The molecule has 3 aromatic rings. The van der Waals surface area contributed by atoms with E-state index >= 15 is 0 Å². The van der Waals surface area contributed by atoms with Gasteiger partial charge in [-0.1, -0.05) is 91.0 Å². The summed E-state index contributed by atoms with van der Waals surface area (Å²) < 4.78 is 0. The molecule has 25 heavy (non-hydrogen) atoms. The summed E-state index contributed by atoms with van der Waals surface area (Å²) in [6.07, 6.45) is 0. The molecule has 3 atom stereocenters. The van der Waals surface area contributed by atoms with Gasteiger partial charge in [0.05, 0.1) is 6.04 Å². The van der Waals surface area contributed by atoms with Gasteiger partial charge >= 0.3 is 0 Å². The first-order valence-electron chi connectivity index (χ1n) is 8.85. The summed E-state index contributed by atoms with van der Waals surface area (Å²) in [4.78, 5) is 2.37. The molecule has 0 spiro atoms. The average Bonchev–Trinajstić information content (AvgIpc) is 3.50. The average molecular weight is 329 g/mol.